The number of aryl methyl sites for hydroxylation is 3. The van der Waals surface area contributed by atoms with Gasteiger partial charge in [-0.05, 0) is 97.0 Å². The Morgan fingerprint density at radius 3 is 2.09 bits per heavy atom. The molecule has 1 aliphatic heterocycles. The summed E-state index contributed by atoms with van der Waals surface area (Å²) in [7, 11) is 0. The lowest BCUT2D eigenvalue weighted by molar-refractivity contribution is -0.171. The third-order valence-corrected chi connectivity index (χ3v) is 7.00. The van der Waals surface area contributed by atoms with Crippen molar-refractivity contribution in [1.29, 1.82) is 0 Å². The van der Waals surface area contributed by atoms with E-state index in [1.54, 1.807) is 19.9 Å². The molecule has 0 saturated carbocycles. The van der Waals surface area contributed by atoms with E-state index >= 15 is 0 Å². The molecule has 2 aromatic rings. The van der Waals surface area contributed by atoms with Crippen LogP contribution in [-0.4, -0.2) is 40.9 Å². The SMILES string of the molecule is C=C/C=C(\C=C/C)C(=O)C1CCN(Cc2ccccc2)C1.CC.CCc1cc(C)c(OC(C)(C)C(=O)OC(C)(C)C)c(C)c1. The first-order chi connectivity index (χ1) is 20.7. The van der Waals surface area contributed by atoms with Gasteiger partial charge in [-0.1, -0.05) is 94.1 Å². The van der Waals surface area contributed by atoms with E-state index in [0.717, 1.165) is 54.9 Å². The number of esters is 1. The van der Waals surface area contributed by atoms with Crippen LogP contribution in [0.1, 0.15) is 91.0 Å². The Morgan fingerprint density at radius 2 is 1.59 bits per heavy atom. The van der Waals surface area contributed by atoms with Gasteiger partial charge in [-0.2, -0.15) is 0 Å². The van der Waals surface area contributed by atoms with E-state index < -0.39 is 11.2 Å². The molecule has 1 atom stereocenters. The van der Waals surface area contributed by atoms with Crippen molar-refractivity contribution >= 4 is 11.8 Å². The van der Waals surface area contributed by atoms with E-state index in [1.807, 2.05) is 79.7 Å². The van der Waals surface area contributed by atoms with Crippen LogP contribution < -0.4 is 4.74 Å². The number of hydrogen-bond donors (Lipinski definition) is 0. The first-order valence-electron chi connectivity index (χ1n) is 16.0. The maximum absolute atomic E-state index is 12.5. The van der Waals surface area contributed by atoms with E-state index in [4.69, 9.17) is 9.47 Å². The third-order valence-electron chi connectivity index (χ3n) is 7.00. The monoisotopic (exact) mass is 603 g/mol. The number of likely N-dealkylation sites (tertiary alicyclic amines) is 1. The summed E-state index contributed by atoms with van der Waals surface area (Å²) in [6.07, 6.45) is 9.20. The van der Waals surface area contributed by atoms with Gasteiger partial charge in [0.1, 0.15) is 11.4 Å². The number of carbonyl (C=O) groups excluding carboxylic acids is 2. The first-order valence-corrected chi connectivity index (χ1v) is 16.0. The molecule has 1 aliphatic rings. The highest BCUT2D eigenvalue weighted by Crippen LogP contribution is 2.30. The summed E-state index contributed by atoms with van der Waals surface area (Å²) < 4.78 is 11.4. The molecule has 0 amide bonds. The van der Waals surface area contributed by atoms with Crippen LogP contribution in [0.15, 0.2) is 78.9 Å². The summed E-state index contributed by atoms with van der Waals surface area (Å²) in [5.41, 5.74) is 3.89. The molecule has 1 saturated heterocycles. The van der Waals surface area contributed by atoms with E-state index in [0.29, 0.717) is 0 Å². The van der Waals surface area contributed by atoms with Crippen LogP contribution in [0.4, 0.5) is 0 Å². The number of hydrogen-bond acceptors (Lipinski definition) is 5. The molecule has 1 fully saturated rings. The zero-order valence-electron chi connectivity index (χ0n) is 29.3. The van der Waals surface area contributed by atoms with Gasteiger partial charge in [-0.15, -0.1) is 0 Å². The van der Waals surface area contributed by atoms with Crippen molar-refractivity contribution in [3.63, 3.8) is 0 Å². The van der Waals surface area contributed by atoms with Crippen molar-refractivity contribution in [2.24, 2.45) is 5.92 Å². The molecule has 1 heterocycles. The highest BCUT2D eigenvalue weighted by molar-refractivity contribution is 6.00. The Labute approximate surface area is 268 Å². The lowest BCUT2D eigenvalue weighted by atomic mass is 9.96. The largest absolute Gasteiger partial charge is 0.476 e. The topological polar surface area (TPSA) is 55.8 Å². The summed E-state index contributed by atoms with van der Waals surface area (Å²) in [5, 5.41) is 0. The van der Waals surface area contributed by atoms with E-state index in [-0.39, 0.29) is 17.7 Å². The molecular weight excluding hydrogens is 546 g/mol. The molecule has 0 N–H and O–H groups in total. The van der Waals surface area contributed by atoms with Crippen molar-refractivity contribution in [3.05, 3.63) is 101 Å². The summed E-state index contributed by atoms with van der Waals surface area (Å²) in [5.74, 6) is 0.760. The van der Waals surface area contributed by atoms with Crippen molar-refractivity contribution < 1.29 is 19.1 Å². The molecular formula is C39H57NO4. The lowest BCUT2D eigenvalue weighted by Gasteiger charge is -2.30. The fraction of sp³-hybridized carbons (Fsp3) is 0.487. The van der Waals surface area contributed by atoms with Gasteiger partial charge in [-0.25, -0.2) is 4.79 Å². The molecule has 3 rings (SSSR count). The van der Waals surface area contributed by atoms with E-state index in [2.05, 4.69) is 54.8 Å². The summed E-state index contributed by atoms with van der Waals surface area (Å²) in [4.78, 5) is 27.2. The maximum atomic E-state index is 12.5. The van der Waals surface area contributed by atoms with Gasteiger partial charge in [0.2, 0.25) is 0 Å². The Kier molecular flexibility index (Phi) is 16.1. The van der Waals surface area contributed by atoms with Crippen molar-refractivity contribution in [1.82, 2.24) is 4.90 Å². The highest BCUT2D eigenvalue weighted by Gasteiger charge is 2.35. The first kappa shape index (κ1) is 38.6. The second-order valence-corrected chi connectivity index (χ2v) is 12.5. The summed E-state index contributed by atoms with van der Waals surface area (Å²) in [6, 6.07) is 14.6. The quantitative estimate of drug-likeness (QED) is 0.154. The predicted molar refractivity (Wildman–Crippen MR) is 185 cm³/mol. The minimum atomic E-state index is -1.02. The molecule has 0 bridgehead atoms. The summed E-state index contributed by atoms with van der Waals surface area (Å²) in [6.45, 7) is 27.6. The minimum absolute atomic E-state index is 0.108. The van der Waals surface area contributed by atoms with Crippen molar-refractivity contribution in [2.75, 3.05) is 13.1 Å². The zero-order chi connectivity index (χ0) is 33.5. The van der Waals surface area contributed by atoms with Crippen LogP contribution in [0.3, 0.4) is 0 Å². The second kappa shape index (κ2) is 18.4. The smallest absolute Gasteiger partial charge is 0.350 e. The van der Waals surface area contributed by atoms with Crippen LogP contribution >= 0.6 is 0 Å². The third kappa shape index (κ3) is 12.7. The Hall–Kier alpha value is -3.44. The van der Waals surface area contributed by atoms with Gasteiger partial charge in [-0.3, -0.25) is 9.69 Å². The van der Waals surface area contributed by atoms with Gasteiger partial charge < -0.3 is 9.47 Å². The van der Waals surface area contributed by atoms with E-state index in [9.17, 15) is 9.59 Å². The Balaban J connectivity index is 0.000000417. The minimum Gasteiger partial charge on any atom is -0.476 e. The Bertz CT molecular complexity index is 1240. The van der Waals surface area contributed by atoms with Crippen LogP contribution in [0, 0.1) is 19.8 Å². The molecule has 0 aliphatic carbocycles. The number of benzene rings is 2. The lowest BCUT2D eigenvalue weighted by Crippen LogP contribution is -2.43. The van der Waals surface area contributed by atoms with Gasteiger partial charge >= 0.3 is 5.97 Å². The summed E-state index contributed by atoms with van der Waals surface area (Å²) >= 11 is 0. The fourth-order valence-electron chi connectivity index (χ4n) is 4.90. The van der Waals surface area contributed by atoms with Crippen LogP contribution in [0.25, 0.3) is 0 Å². The van der Waals surface area contributed by atoms with Crippen LogP contribution in [0.5, 0.6) is 5.75 Å². The number of ether oxygens (including phenoxy) is 2. The number of Topliss-reactive ketones (excluding diaryl/α,β-unsaturated/α-hetero) is 1. The van der Waals surface area contributed by atoms with Crippen molar-refractivity contribution in [3.8, 4) is 5.75 Å². The normalized spacial score (nSPS) is 15.5. The second-order valence-electron chi connectivity index (χ2n) is 12.5. The molecule has 0 spiro atoms. The number of carbonyl (C=O) groups is 2. The molecule has 44 heavy (non-hydrogen) atoms. The molecule has 242 valence electrons. The van der Waals surface area contributed by atoms with Crippen LogP contribution in [0.2, 0.25) is 0 Å². The number of rotatable bonds is 10. The van der Waals surface area contributed by atoms with Gasteiger partial charge in [0.15, 0.2) is 11.4 Å². The standard InChI is InChI=1S/C19H23NO.C18H28O3.C2H6/c1-3-8-17(9-4-2)19(21)18-12-13-20(15-18)14-16-10-6-5-7-11-16;1-9-14-10-12(2)15(13(3)11-14)20-18(7,8)16(19)21-17(4,5)6;1-2/h3-11,18H,1,12-15H2,2H3;10-11H,9H2,1-8H3;1-2H3/b9-4-,17-8+;;. The zero-order valence-corrected chi connectivity index (χ0v) is 29.3. The van der Waals surface area contributed by atoms with E-state index in [1.165, 1.54) is 11.1 Å². The molecule has 1 unspecified atom stereocenters. The number of allylic oxidation sites excluding steroid dienone is 5. The molecule has 5 heteroatoms. The molecule has 2 aromatic carbocycles. The fourth-order valence-corrected chi connectivity index (χ4v) is 4.90. The van der Waals surface area contributed by atoms with Gasteiger partial charge in [0, 0.05) is 24.6 Å². The molecule has 0 aromatic heterocycles. The molecule has 5 nitrogen and oxygen atoms in total. The van der Waals surface area contributed by atoms with Gasteiger partial charge in [0.05, 0.1) is 0 Å². The van der Waals surface area contributed by atoms with Crippen molar-refractivity contribution in [2.45, 2.75) is 107 Å². The van der Waals surface area contributed by atoms with Crippen LogP contribution in [-0.2, 0) is 27.3 Å². The average molecular weight is 604 g/mol. The Morgan fingerprint density at radius 1 is 1.00 bits per heavy atom. The predicted octanol–water partition coefficient (Wildman–Crippen LogP) is 9.16. The van der Waals surface area contributed by atoms with Gasteiger partial charge in [0.25, 0.3) is 0 Å². The molecule has 0 radical (unpaired) electrons. The number of nitrogens with zero attached hydrogens (tertiary/aromatic N) is 1. The maximum Gasteiger partial charge on any atom is 0.350 e. The number of ketones is 1. The average Bonchev–Trinajstić information content (AvgIpc) is 3.44. The highest BCUT2D eigenvalue weighted by atomic mass is 16.6.